The maximum Gasteiger partial charge on any atom is 0.192 e. The van der Waals surface area contributed by atoms with Crippen molar-refractivity contribution in [1.82, 2.24) is 0 Å². The Morgan fingerprint density at radius 2 is 1.85 bits per heavy atom. The van der Waals surface area contributed by atoms with Crippen LogP contribution < -0.4 is 0 Å². The molecule has 1 aromatic rings. The summed E-state index contributed by atoms with van der Waals surface area (Å²) in [6.07, 6.45) is 4.29. The molecular weight excluding hydrogens is 432 g/mol. The Kier molecular flexibility index (Phi) is 10.4. The minimum atomic E-state index is -1.97. The molecule has 1 unspecified atom stereocenters. The SMILES string of the molecule is CC1(C)OC[C@H]([C@H](C/C=C\CC(O)C#CCOCc2ccccc2)O[Si](C)(C)C(C)(C)C)O1. The second-order valence-corrected chi connectivity index (χ2v) is 15.3. The van der Waals surface area contributed by atoms with Gasteiger partial charge in [-0.1, -0.05) is 75.1 Å². The summed E-state index contributed by atoms with van der Waals surface area (Å²) < 4.78 is 24.1. The molecule has 0 bridgehead atoms. The number of ether oxygens (including phenoxy) is 3. The molecule has 6 heteroatoms. The maximum atomic E-state index is 10.2. The Bertz CT molecular complexity index is 801. The van der Waals surface area contributed by atoms with E-state index in [1.165, 1.54) is 0 Å². The topological polar surface area (TPSA) is 57.2 Å². The molecular formula is C27H42O5Si. The summed E-state index contributed by atoms with van der Waals surface area (Å²) in [4.78, 5) is 0. The van der Waals surface area contributed by atoms with Crippen LogP contribution in [0.25, 0.3) is 0 Å². The maximum absolute atomic E-state index is 10.2. The molecule has 33 heavy (non-hydrogen) atoms. The van der Waals surface area contributed by atoms with Gasteiger partial charge < -0.3 is 23.7 Å². The van der Waals surface area contributed by atoms with Gasteiger partial charge in [0, 0.05) is 6.42 Å². The largest absolute Gasteiger partial charge is 0.411 e. The van der Waals surface area contributed by atoms with E-state index in [-0.39, 0.29) is 17.2 Å². The highest BCUT2D eigenvalue weighted by molar-refractivity contribution is 6.74. The van der Waals surface area contributed by atoms with Gasteiger partial charge in [0.05, 0.1) is 19.3 Å². The fourth-order valence-electron chi connectivity index (χ4n) is 3.20. The Hall–Kier alpha value is -1.46. The molecule has 1 saturated heterocycles. The van der Waals surface area contributed by atoms with E-state index >= 15 is 0 Å². The van der Waals surface area contributed by atoms with E-state index in [4.69, 9.17) is 18.6 Å². The summed E-state index contributed by atoms with van der Waals surface area (Å²) in [5, 5.41) is 10.3. The van der Waals surface area contributed by atoms with E-state index in [0.29, 0.717) is 32.7 Å². The minimum Gasteiger partial charge on any atom is -0.411 e. The molecule has 1 aromatic carbocycles. The van der Waals surface area contributed by atoms with Crippen molar-refractivity contribution in [2.75, 3.05) is 13.2 Å². The quantitative estimate of drug-likeness (QED) is 0.212. The van der Waals surface area contributed by atoms with E-state index in [0.717, 1.165) is 5.56 Å². The third-order valence-corrected chi connectivity index (χ3v) is 10.7. The molecule has 3 atom stereocenters. The molecule has 2 rings (SSSR count). The highest BCUT2D eigenvalue weighted by atomic mass is 28.4. The molecule has 0 aliphatic carbocycles. The molecule has 1 N–H and O–H groups in total. The Morgan fingerprint density at radius 3 is 2.45 bits per heavy atom. The van der Waals surface area contributed by atoms with Crippen LogP contribution in [0.2, 0.25) is 18.1 Å². The molecule has 1 aliphatic heterocycles. The number of aliphatic hydroxyl groups is 1. The zero-order chi connectivity index (χ0) is 24.5. The summed E-state index contributed by atoms with van der Waals surface area (Å²) in [7, 11) is -1.97. The average Bonchev–Trinajstić information content (AvgIpc) is 3.09. The molecule has 0 spiro atoms. The van der Waals surface area contributed by atoms with Crippen LogP contribution in [0.1, 0.15) is 53.0 Å². The predicted molar refractivity (Wildman–Crippen MR) is 135 cm³/mol. The highest BCUT2D eigenvalue weighted by Gasteiger charge is 2.44. The van der Waals surface area contributed by atoms with Crippen LogP contribution in [-0.2, 0) is 25.2 Å². The monoisotopic (exact) mass is 474 g/mol. The summed E-state index contributed by atoms with van der Waals surface area (Å²) in [5.74, 6) is 5.15. The number of rotatable bonds is 10. The van der Waals surface area contributed by atoms with Crippen LogP contribution in [-0.4, -0.2) is 50.7 Å². The normalized spacial score (nSPS) is 20.4. The second-order valence-electron chi connectivity index (χ2n) is 10.5. The highest BCUT2D eigenvalue weighted by Crippen LogP contribution is 2.39. The van der Waals surface area contributed by atoms with E-state index < -0.39 is 20.2 Å². The number of aliphatic hydroxyl groups excluding tert-OH is 1. The fraction of sp³-hybridized carbons (Fsp3) is 0.630. The van der Waals surface area contributed by atoms with Gasteiger partial charge in [-0.05, 0) is 44.0 Å². The number of hydrogen-bond acceptors (Lipinski definition) is 5. The van der Waals surface area contributed by atoms with Crippen LogP contribution in [0.4, 0.5) is 0 Å². The molecule has 1 fully saturated rings. The molecule has 184 valence electrons. The molecule has 0 aromatic heterocycles. The van der Waals surface area contributed by atoms with Crippen molar-refractivity contribution < 1.29 is 23.7 Å². The van der Waals surface area contributed by atoms with Gasteiger partial charge in [0.2, 0.25) is 0 Å². The first-order valence-electron chi connectivity index (χ1n) is 11.8. The summed E-state index contributed by atoms with van der Waals surface area (Å²) in [6.45, 7) is 16.4. The smallest absolute Gasteiger partial charge is 0.192 e. The Labute approximate surface area is 201 Å². The van der Waals surface area contributed by atoms with Crippen LogP contribution in [0.3, 0.4) is 0 Å². The molecule has 1 aliphatic rings. The van der Waals surface area contributed by atoms with E-state index in [1.807, 2.05) is 50.3 Å². The van der Waals surface area contributed by atoms with Crippen molar-refractivity contribution in [2.24, 2.45) is 0 Å². The van der Waals surface area contributed by atoms with Gasteiger partial charge in [-0.3, -0.25) is 0 Å². The third kappa shape index (κ3) is 9.74. The van der Waals surface area contributed by atoms with Crippen molar-refractivity contribution in [3.05, 3.63) is 48.0 Å². The lowest BCUT2D eigenvalue weighted by atomic mass is 10.1. The lowest BCUT2D eigenvalue weighted by Gasteiger charge is -2.40. The first-order chi connectivity index (χ1) is 15.4. The third-order valence-electron chi connectivity index (χ3n) is 6.15. The van der Waals surface area contributed by atoms with Crippen LogP contribution >= 0.6 is 0 Å². The summed E-state index contributed by atoms with van der Waals surface area (Å²) >= 11 is 0. The fourth-order valence-corrected chi connectivity index (χ4v) is 4.56. The summed E-state index contributed by atoms with van der Waals surface area (Å²) in [6, 6.07) is 9.96. The van der Waals surface area contributed by atoms with Gasteiger partial charge in [-0.2, -0.15) is 0 Å². The zero-order valence-electron chi connectivity index (χ0n) is 21.4. The first kappa shape index (κ1) is 27.8. The molecule has 1 heterocycles. The van der Waals surface area contributed by atoms with Crippen molar-refractivity contribution in [3.8, 4) is 11.8 Å². The predicted octanol–water partition coefficient (Wildman–Crippen LogP) is 5.45. The van der Waals surface area contributed by atoms with Gasteiger partial charge >= 0.3 is 0 Å². The zero-order valence-corrected chi connectivity index (χ0v) is 22.4. The lowest BCUT2D eigenvalue weighted by molar-refractivity contribution is -0.149. The van der Waals surface area contributed by atoms with Crippen LogP contribution in [0.5, 0.6) is 0 Å². The van der Waals surface area contributed by atoms with Crippen LogP contribution in [0.15, 0.2) is 42.5 Å². The first-order valence-corrected chi connectivity index (χ1v) is 14.7. The van der Waals surface area contributed by atoms with E-state index in [1.54, 1.807) is 0 Å². The lowest BCUT2D eigenvalue weighted by Crippen LogP contribution is -2.47. The Balaban J connectivity index is 1.83. The van der Waals surface area contributed by atoms with Gasteiger partial charge in [0.1, 0.15) is 18.8 Å². The second kappa shape index (κ2) is 12.3. The average molecular weight is 475 g/mol. The molecule has 0 radical (unpaired) electrons. The molecule has 5 nitrogen and oxygen atoms in total. The summed E-state index contributed by atoms with van der Waals surface area (Å²) in [5.41, 5.74) is 1.11. The van der Waals surface area contributed by atoms with Gasteiger partial charge in [0.15, 0.2) is 14.1 Å². The van der Waals surface area contributed by atoms with Crippen molar-refractivity contribution in [3.63, 3.8) is 0 Å². The van der Waals surface area contributed by atoms with E-state index in [9.17, 15) is 5.11 Å². The van der Waals surface area contributed by atoms with Crippen LogP contribution in [0, 0.1) is 11.8 Å². The van der Waals surface area contributed by atoms with Crippen molar-refractivity contribution >= 4 is 8.32 Å². The van der Waals surface area contributed by atoms with Crippen molar-refractivity contribution in [2.45, 2.75) is 96.3 Å². The molecule has 0 amide bonds. The van der Waals surface area contributed by atoms with Gasteiger partial charge in [-0.25, -0.2) is 0 Å². The Morgan fingerprint density at radius 1 is 1.18 bits per heavy atom. The van der Waals surface area contributed by atoms with Gasteiger partial charge in [-0.15, -0.1) is 0 Å². The minimum absolute atomic E-state index is 0.0847. The number of benzene rings is 1. The standard InChI is InChI=1S/C27H42O5Si/c1-26(2,3)33(6,7)32-24(25-21-30-27(4,5)31-25)18-12-11-16-23(28)17-13-19-29-20-22-14-9-8-10-15-22/h8-12,14-15,23-25,28H,16,18-21H2,1-7H3/b12-11-/t23?,24-,25+/m0/s1. The van der Waals surface area contributed by atoms with Gasteiger partial charge in [0.25, 0.3) is 0 Å². The number of hydrogen-bond donors (Lipinski definition) is 1. The molecule has 0 saturated carbocycles. The van der Waals surface area contributed by atoms with Crippen molar-refractivity contribution in [1.29, 1.82) is 0 Å². The van der Waals surface area contributed by atoms with E-state index in [2.05, 4.69) is 51.8 Å².